The van der Waals surface area contributed by atoms with Crippen LogP contribution in [-0.2, 0) is 27.5 Å². The van der Waals surface area contributed by atoms with E-state index in [-0.39, 0.29) is 21.1 Å². The fourth-order valence-corrected chi connectivity index (χ4v) is 5.96. The molecule has 0 N–H and O–H groups in total. The van der Waals surface area contributed by atoms with Crippen molar-refractivity contribution in [3.8, 4) is 34.1 Å². The minimum Gasteiger partial charge on any atom is -0.509 e. The number of para-hydroxylation sites is 1. The van der Waals surface area contributed by atoms with Gasteiger partial charge in [0.1, 0.15) is 5.82 Å². The molecule has 0 amide bonds. The molecule has 0 saturated carbocycles. The predicted molar refractivity (Wildman–Crippen MR) is 174 cm³/mol. The van der Waals surface area contributed by atoms with Crippen LogP contribution in [0.2, 0.25) is 0 Å². The Morgan fingerprint density at radius 1 is 0.864 bits per heavy atom. The van der Waals surface area contributed by atoms with Crippen molar-refractivity contribution in [2.24, 2.45) is 0 Å². The zero-order valence-corrected chi connectivity index (χ0v) is 27.4. The van der Waals surface area contributed by atoms with Crippen LogP contribution in [0.1, 0.15) is 37.2 Å². The minimum absolute atomic E-state index is 0. The largest absolute Gasteiger partial charge is 2.00 e. The second kappa shape index (κ2) is 12.3. The molecule has 7 aromatic rings. The zero-order chi connectivity index (χ0) is 30.4. The van der Waals surface area contributed by atoms with E-state index in [4.69, 9.17) is 11.2 Å². The first-order valence-electron chi connectivity index (χ1n) is 15.2. The molecule has 44 heavy (non-hydrogen) atoms. The third-order valence-corrected chi connectivity index (χ3v) is 7.85. The Labute approximate surface area is 273 Å². The summed E-state index contributed by atoms with van der Waals surface area (Å²) in [5.74, 6) is 1.99. The third-order valence-electron chi connectivity index (χ3n) is 7.85. The topological polar surface area (TPSA) is 44.9 Å². The summed E-state index contributed by atoms with van der Waals surface area (Å²) in [6.07, 6.45) is 3.74. The number of pyridine rings is 1. The maximum atomic E-state index is 8.24. The van der Waals surface area contributed by atoms with Crippen LogP contribution in [-0.4, -0.2) is 19.3 Å². The van der Waals surface area contributed by atoms with Gasteiger partial charge in [-0.15, -0.1) is 35.7 Å². The summed E-state index contributed by atoms with van der Waals surface area (Å²) in [5.41, 5.74) is 9.24. The van der Waals surface area contributed by atoms with Gasteiger partial charge in [-0.25, -0.2) is 4.98 Å². The Hall–Kier alpha value is -4.47. The van der Waals surface area contributed by atoms with Crippen LogP contribution in [0.25, 0.3) is 44.4 Å². The molecule has 0 fully saturated rings. The first-order chi connectivity index (χ1) is 21.4. The van der Waals surface area contributed by atoms with Crippen LogP contribution in [0.15, 0.2) is 97.2 Å². The average molecular weight is 757 g/mol. The van der Waals surface area contributed by atoms with E-state index in [1.807, 2.05) is 53.3 Å². The summed E-state index contributed by atoms with van der Waals surface area (Å²) < 4.78 is 18.8. The molecule has 3 heterocycles. The van der Waals surface area contributed by atoms with Gasteiger partial charge in [0, 0.05) is 34.5 Å². The fraction of sp³-hybridized carbons (Fsp3) is 0.158. The van der Waals surface area contributed by atoms with Gasteiger partial charge in [-0.05, 0) is 61.2 Å². The molecule has 3 aromatic heterocycles. The van der Waals surface area contributed by atoms with Crippen molar-refractivity contribution in [2.45, 2.75) is 40.5 Å². The van der Waals surface area contributed by atoms with Gasteiger partial charge in [-0.1, -0.05) is 73.8 Å². The molecule has 0 bridgehead atoms. The second-order valence-corrected chi connectivity index (χ2v) is 11.0. The molecule has 0 unspecified atom stereocenters. The second-order valence-electron chi connectivity index (χ2n) is 11.0. The SMILES string of the molecule is [2H]c1ccc2c(c1)c1ccc(Oc3[c-]c(-n4nc(C)c(-c5ccccc5)c4C)cc(CCC)c3)[c-]c1n2-c1cc(C)ccn1.[Pt+2]. The van der Waals surface area contributed by atoms with E-state index < -0.39 is 0 Å². The normalized spacial score (nSPS) is 11.5. The van der Waals surface area contributed by atoms with E-state index in [0.717, 1.165) is 79.8 Å². The van der Waals surface area contributed by atoms with Crippen LogP contribution in [0.4, 0.5) is 0 Å². The molecule has 0 saturated heterocycles. The van der Waals surface area contributed by atoms with E-state index in [9.17, 15) is 0 Å². The molecule has 6 heteroatoms. The maximum absolute atomic E-state index is 8.24. The fourth-order valence-electron chi connectivity index (χ4n) is 5.96. The van der Waals surface area contributed by atoms with Crippen LogP contribution in [0.5, 0.6) is 11.5 Å². The number of rotatable bonds is 7. The number of benzene rings is 4. The molecule has 0 radical (unpaired) electrons. The summed E-state index contributed by atoms with van der Waals surface area (Å²) in [5, 5.41) is 6.90. The summed E-state index contributed by atoms with van der Waals surface area (Å²) in [6.45, 7) is 8.39. The number of fused-ring (bicyclic) bond motifs is 3. The zero-order valence-electron chi connectivity index (χ0n) is 26.1. The molecule has 7 rings (SSSR count). The van der Waals surface area contributed by atoms with Crippen LogP contribution < -0.4 is 4.74 Å². The molecule has 0 atom stereocenters. The molecular formula is C38H32N4OPt. The van der Waals surface area contributed by atoms with Gasteiger partial charge >= 0.3 is 21.1 Å². The summed E-state index contributed by atoms with van der Waals surface area (Å²) in [4.78, 5) is 4.67. The van der Waals surface area contributed by atoms with E-state index in [1.54, 1.807) is 0 Å². The Bertz CT molecular complexity index is 2170. The number of hydrogen-bond acceptors (Lipinski definition) is 3. The van der Waals surface area contributed by atoms with Crippen molar-refractivity contribution in [1.29, 1.82) is 0 Å². The Kier molecular flexibility index (Phi) is 7.89. The summed E-state index contributed by atoms with van der Waals surface area (Å²) >= 11 is 0. The first kappa shape index (κ1) is 28.3. The average Bonchev–Trinajstić information content (AvgIpc) is 3.49. The van der Waals surface area contributed by atoms with Gasteiger partial charge in [0.25, 0.3) is 0 Å². The minimum atomic E-state index is 0. The van der Waals surface area contributed by atoms with Crippen LogP contribution in [0, 0.1) is 32.9 Å². The third kappa shape index (κ3) is 5.37. The molecular weight excluding hydrogens is 724 g/mol. The number of nitrogens with zero attached hydrogens (tertiary/aromatic N) is 4. The quantitative estimate of drug-likeness (QED) is 0.153. The summed E-state index contributed by atoms with van der Waals surface area (Å²) in [6, 6.07) is 35.8. The Balaban J connectivity index is 0.00000357. The molecule has 0 aliphatic heterocycles. The Morgan fingerprint density at radius 2 is 1.70 bits per heavy atom. The van der Waals surface area contributed by atoms with E-state index >= 15 is 0 Å². The van der Waals surface area contributed by atoms with Gasteiger partial charge in [0.05, 0.1) is 7.06 Å². The van der Waals surface area contributed by atoms with Gasteiger partial charge in [-0.3, -0.25) is 4.68 Å². The van der Waals surface area contributed by atoms with Crippen molar-refractivity contribution >= 4 is 21.8 Å². The number of hydrogen-bond donors (Lipinski definition) is 0. The number of aryl methyl sites for hydroxylation is 3. The standard InChI is InChI=1S/C38H32N4O.Pt/c1-5-11-28-21-30(42-27(4)38(26(3)40-42)29-12-7-6-8-13-29)23-32(22-28)43-31-16-17-34-33-14-9-10-15-35(33)41(36(34)24-31)37-20-25(2)18-19-39-37;/h6-10,12-22H,5,11H2,1-4H3;/q-2;+2/i9D;. The van der Waals surface area contributed by atoms with Crippen molar-refractivity contribution in [1.82, 2.24) is 19.3 Å². The number of aromatic nitrogens is 4. The monoisotopic (exact) mass is 756 g/mol. The van der Waals surface area contributed by atoms with Crippen molar-refractivity contribution in [2.75, 3.05) is 0 Å². The Morgan fingerprint density at radius 3 is 2.50 bits per heavy atom. The molecule has 0 spiro atoms. The van der Waals surface area contributed by atoms with E-state index in [2.05, 4.69) is 91.8 Å². The molecule has 5 nitrogen and oxygen atoms in total. The van der Waals surface area contributed by atoms with Crippen molar-refractivity contribution < 1.29 is 27.2 Å². The van der Waals surface area contributed by atoms with Crippen LogP contribution in [0.3, 0.4) is 0 Å². The molecule has 220 valence electrons. The van der Waals surface area contributed by atoms with Gasteiger partial charge < -0.3 is 9.30 Å². The van der Waals surface area contributed by atoms with Crippen LogP contribution >= 0.6 is 0 Å². The summed E-state index contributed by atoms with van der Waals surface area (Å²) in [7, 11) is 0. The van der Waals surface area contributed by atoms with Crippen molar-refractivity contribution in [3.63, 3.8) is 0 Å². The molecule has 4 aromatic carbocycles. The first-order valence-corrected chi connectivity index (χ1v) is 14.7. The van der Waals surface area contributed by atoms with Gasteiger partial charge in [-0.2, -0.15) is 16.7 Å². The molecule has 0 aliphatic rings. The van der Waals surface area contributed by atoms with E-state index in [0.29, 0.717) is 17.5 Å². The van der Waals surface area contributed by atoms with E-state index in [1.165, 1.54) is 0 Å². The number of ether oxygens (including phenoxy) is 1. The van der Waals surface area contributed by atoms with Gasteiger partial charge in [0.2, 0.25) is 0 Å². The smallest absolute Gasteiger partial charge is 0.509 e. The van der Waals surface area contributed by atoms with Gasteiger partial charge in [0.15, 0.2) is 0 Å². The maximum Gasteiger partial charge on any atom is 2.00 e. The predicted octanol–water partition coefficient (Wildman–Crippen LogP) is 9.30. The van der Waals surface area contributed by atoms with Crippen molar-refractivity contribution in [3.05, 3.63) is 132 Å². The molecule has 0 aliphatic carbocycles.